The quantitative estimate of drug-likeness (QED) is 0.550. The van der Waals surface area contributed by atoms with Gasteiger partial charge >= 0.3 is 5.97 Å². The minimum Gasteiger partial charge on any atom is -0.476 e. The molecule has 0 heterocycles. The van der Waals surface area contributed by atoms with Gasteiger partial charge in [-0.3, -0.25) is 4.79 Å². The maximum Gasteiger partial charge on any atom is 0.372 e. The first-order valence-corrected chi connectivity index (χ1v) is 2.44. The van der Waals surface area contributed by atoms with Crippen molar-refractivity contribution in [1.82, 2.24) is 0 Å². The van der Waals surface area contributed by atoms with Crippen LogP contribution < -0.4 is 0 Å². The fourth-order valence-electron chi connectivity index (χ4n) is 0.334. The van der Waals surface area contributed by atoms with E-state index in [2.05, 4.69) is 0 Å². The summed E-state index contributed by atoms with van der Waals surface area (Å²) in [7, 11) is 0. The summed E-state index contributed by atoms with van der Waals surface area (Å²) in [5.41, 5.74) is 0. The van der Waals surface area contributed by atoms with Gasteiger partial charge in [0.15, 0.2) is 0 Å². The summed E-state index contributed by atoms with van der Waals surface area (Å²) >= 11 is 0. The number of ketones is 1. The molecule has 0 atom stereocenters. The van der Waals surface area contributed by atoms with Gasteiger partial charge in [-0.1, -0.05) is 6.92 Å². The molecule has 0 aromatic rings. The maximum absolute atomic E-state index is 10.1. The first-order valence-electron chi connectivity index (χ1n) is 2.44. The van der Waals surface area contributed by atoms with Crippen LogP contribution in [-0.4, -0.2) is 16.9 Å². The summed E-state index contributed by atoms with van der Waals surface area (Å²) in [6.07, 6.45) is 0.750. The van der Waals surface area contributed by atoms with Crippen molar-refractivity contribution in [3.63, 3.8) is 0 Å². The second-order valence-corrected chi connectivity index (χ2v) is 1.48. The zero-order chi connectivity index (χ0) is 6.57. The molecule has 0 saturated heterocycles. The summed E-state index contributed by atoms with van der Waals surface area (Å²) in [5, 5.41) is 7.96. The Balaban J connectivity index is 0. The second kappa shape index (κ2) is 5.19. The van der Waals surface area contributed by atoms with Crippen LogP contribution in [-0.2, 0) is 9.59 Å². The van der Waals surface area contributed by atoms with E-state index < -0.39 is 11.8 Å². The van der Waals surface area contributed by atoms with Gasteiger partial charge in [0.25, 0.3) is 0 Å². The van der Waals surface area contributed by atoms with Gasteiger partial charge in [0, 0.05) is 12.6 Å². The third-order valence-electron chi connectivity index (χ3n) is 0.716. The number of carbonyl (C=O) groups excluding carboxylic acids is 1. The average Bonchev–Trinajstić information content (AvgIpc) is 1.67. The molecule has 0 spiro atoms. The normalized spacial score (nSPS) is 7.67. The van der Waals surface area contributed by atoms with E-state index in [-0.39, 0.29) is 12.6 Å². The Hall–Kier alpha value is -0.951. The minimum atomic E-state index is -1.33. The van der Waals surface area contributed by atoms with Crippen LogP contribution in [0.3, 0.4) is 0 Å². The molecule has 0 aromatic carbocycles. The molecule has 0 radical (unpaired) electrons. The van der Waals surface area contributed by atoms with E-state index in [1.54, 1.807) is 6.92 Å². The van der Waals surface area contributed by atoms with E-state index in [0.717, 1.165) is 0 Å². The molecule has 0 aromatic heterocycles. The molecule has 1 N–H and O–H groups in total. The number of aliphatic carboxylic acids is 1. The summed E-state index contributed by atoms with van der Waals surface area (Å²) in [4.78, 5) is 19.9. The van der Waals surface area contributed by atoms with Crippen LogP contribution >= 0.6 is 0 Å². The minimum absolute atomic E-state index is 0. The molecular weight excluding hydrogens is 112 g/mol. The zero-order valence-corrected chi connectivity index (χ0v) is 5.39. The van der Waals surface area contributed by atoms with E-state index in [9.17, 15) is 9.59 Å². The molecule has 0 aliphatic rings. The average molecular weight is 120 g/mol. The van der Waals surface area contributed by atoms with Gasteiger partial charge in [-0.2, -0.15) is 0 Å². The maximum atomic E-state index is 10.1. The molecule has 0 aliphatic heterocycles. The van der Waals surface area contributed by atoms with Crippen molar-refractivity contribution in [1.29, 1.82) is 0 Å². The molecule has 3 nitrogen and oxygen atoms in total. The largest absolute Gasteiger partial charge is 0.476 e. The predicted molar refractivity (Wildman–Crippen MR) is 27.6 cm³/mol. The Labute approximate surface area is 53.5 Å². The number of carboxylic acid groups (broad SMARTS) is 1. The smallest absolute Gasteiger partial charge is 0.372 e. The number of hydrogen-bond donors (Lipinski definition) is 1. The van der Waals surface area contributed by atoms with Crippen LogP contribution in [0.1, 0.15) is 19.8 Å². The molecule has 4 heteroatoms. The van der Waals surface area contributed by atoms with Gasteiger partial charge in [-0.25, -0.2) is 4.79 Å². The number of hydrogen-bond acceptors (Lipinski definition) is 2. The van der Waals surface area contributed by atoms with Crippen molar-refractivity contribution in [3.8, 4) is 0 Å². The third-order valence-corrected chi connectivity index (χ3v) is 0.716. The number of rotatable bonds is 3. The topological polar surface area (TPSA) is 54.4 Å². The summed E-state index contributed by atoms with van der Waals surface area (Å²) < 4.78 is 0. The van der Waals surface area contributed by atoms with Crippen molar-refractivity contribution in [2.24, 2.45) is 0 Å². The van der Waals surface area contributed by atoms with Crippen molar-refractivity contribution < 1.29 is 20.8 Å². The Kier molecular flexibility index (Phi) is 6.30. The molecule has 9 heavy (non-hydrogen) atoms. The first kappa shape index (κ1) is 10.9. The zero-order valence-electron chi connectivity index (χ0n) is 5.39. The Morgan fingerprint density at radius 3 is 2.00 bits per heavy atom. The molecule has 0 unspecified atom stereocenters. The van der Waals surface area contributed by atoms with Crippen LogP contribution in [0.2, 0.25) is 0 Å². The van der Waals surface area contributed by atoms with E-state index in [4.69, 9.17) is 5.11 Å². The predicted octanol–water partition coefficient (Wildman–Crippen LogP) is 0.440. The SMILES string of the molecule is CCCC(=O)C(=O)O.[He]. The number of carboxylic acids is 1. The van der Waals surface area contributed by atoms with Crippen LogP contribution in [0.15, 0.2) is 0 Å². The van der Waals surface area contributed by atoms with Crippen molar-refractivity contribution in [2.45, 2.75) is 19.8 Å². The first-order chi connectivity index (χ1) is 3.68. The van der Waals surface area contributed by atoms with Crippen LogP contribution in [0.5, 0.6) is 0 Å². The summed E-state index contributed by atoms with van der Waals surface area (Å²) in [5.74, 6) is -2.03. The van der Waals surface area contributed by atoms with Crippen LogP contribution in [0.4, 0.5) is 0 Å². The summed E-state index contributed by atoms with van der Waals surface area (Å²) in [6, 6.07) is 0. The van der Waals surface area contributed by atoms with Gasteiger partial charge < -0.3 is 5.11 Å². The third kappa shape index (κ3) is 4.91. The van der Waals surface area contributed by atoms with Gasteiger partial charge in [-0.15, -0.1) is 0 Å². The van der Waals surface area contributed by atoms with E-state index in [0.29, 0.717) is 6.42 Å². The molecular formula is C5H8HeO3. The van der Waals surface area contributed by atoms with Crippen molar-refractivity contribution in [2.75, 3.05) is 0 Å². The molecule has 0 rings (SSSR count). The summed E-state index contributed by atoms with van der Waals surface area (Å²) in [6.45, 7) is 1.76. The fraction of sp³-hybridized carbons (Fsp3) is 0.600. The molecule has 0 aliphatic carbocycles. The van der Waals surface area contributed by atoms with E-state index >= 15 is 0 Å². The van der Waals surface area contributed by atoms with Crippen molar-refractivity contribution in [3.05, 3.63) is 0 Å². The van der Waals surface area contributed by atoms with Gasteiger partial charge in [0.05, 0.1) is 0 Å². The molecule has 0 saturated carbocycles. The number of carbonyl (C=O) groups is 2. The number of Topliss-reactive ketones (excluding diaryl/α,β-unsaturated/α-hetero) is 1. The van der Waals surface area contributed by atoms with Gasteiger partial charge in [-0.05, 0) is 6.42 Å². The molecule has 0 bridgehead atoms. The molecule has 0 fully saturated rings. The standard InChI is InChI=1S/C5H8O3.He/c1-2-3-4(6)5(7)8;/h2-3H2,1H3,(H,7,8);. The molecule has 0 amide bonds. The second-order valence-electron chi connectivity index (χ2n) is 1.48. The Bertz CT molecular complexity index is 111. The van der Waals surface area contributed by atoms with Crippen LogP contribution in [0, 0.1) is 6.15 Å². The van der Waals surface area contributed by atoms with Gasteiger partial charge in [0.1, 0.15) is 0 Å². The Morgan fingerprint density at radius 2 is 1.89 bits per heavy atom. The van der Waals surface area contributed by atoms with Crippen molar-refractivity contribution >= 4 is 11.8 Å². The fourth-order valence-corrected chi connectivity index (χ4v) is 0.334. The van der Waals surface area contributed by atoms with Crippen LogP contribution in [0.25, 0.3) is 0 Å². The van der Waals surface area contributed by atoms with E-state index in [1.165, 1.54) is 0 Å². The molecule has 48 valence electrons. The van der Waals surface area contributed by atoms with Gasteiger partial charge in [0.2, 0.25) is 5.78 Å². The Morgan fingerprint density at radius 1 is 1.44 bits per heavy atom. The van der Waals surface area contributed by atoms with E-state index in [1.807, 2.05) is 0 Å². The monoisotopic (exact) mass is 120 g/mol.